The largest absolute Gasteiger partial charge is 0.491 e. The molecule has 0 heterocycles. The minimum absolute atomic E-state index is 0.0518. The van der Waals surface area contributed by atoms with Crippen molar-refractivity contribution in [2.24, 2.45) is 0 Å². The SMILES string of the molecule is CCC(C)Oc1cccc(C(=O)Nc2ccccc2C(=O)Nc2ccc(Nc3ccccc3)cc2)c1. The van der Waals surface area contributed by atoms with E-state index in [0.29, 0.717) is 28.3 Å². The van der Waals surface area contributed by atoms with Crippen molar-refractivity contribution in [1.29, 1.82) is 0 Å². The topological polar surface area (TPSA) is 79.5 Å². The van der Waals surface area contributed by atoms with Crippen LogP contribution in [0.3, 0.4) is 0 Å². The zero-order chi connectivity index (χ0) is 25.3. The summed E-state index contributed by atoms with van der Waals surface area (Å²) in [6.45, 7) is 4.02. The van der Waals surface area contributed by atoms with Gasteiger partial charge in [0, 0.05) is 22.6 Å². The van der Waals surface area contributed by atoms with Crippen molar-refractivity contribution in [2.75, 3.05) is 16.0 Å². The molecule has 1 unspecified atom stereocenters. The molecule has 0 spiro atoms. The van der Waals surface area contributed by atoms with Crippen LogP contribution in [0, 0.1) is 0 Å². The Morgan fingerprint density at radius 2 is 1.39 bits per heavy atom. The van der Waals surface area contributed by atoms with Crippen LogP contribution < -0.4 is 20.7 Å². The number of para-hydroxylation sites is 2. The van der Waals surface area contributed by atoms with Gasteiger partial charge in [-0.05, 0) is 80.1 Å². The first-order valence-corrected chi connectivity index (χ1v) is 11.9. The Bertz CT molecular complexity index is 1320. The van der Waals surface area contributed by atoms with Gasteiger partial charge in [-0.15, -0.1) is 0 Å². The third-order valence-electron chi connectivity index (χ3n) is 5.63. The molecule has 0 aliphatic carbocycles. The Labute approximate surface area is 211 Å². The van der Waals surface area contributed by atoms with Crippen molar-refractivity contribution >= 4 is 34.6 Å². The van der Waals surface area contributed by atoms with Crippen molar-refractivity contribution in [3.63, 3.8) is 0 Å². The maximum absolute atomic E-state index is 13.0. The number of carbonyl (C=O) groups excluding carboxylic acids is 2. The number of carbonyl (C=O) groups is 2. The van der Waals surface area contributed by atoms with E-state index in [9.17, 15) is 9.59 Å². The van der Waals surface area contributed by atoms with Crippen LogP contribution in [0.15, 0.2) is 103 Å². The van der Waals surface area contributed by atoms with Crippen LogP contribution in [-0.2, 0) is 0 Å². The summed E-state index contributed by atoms with van der Waals surface area (Å²) in [5.41, 5.74) is 3.78. The molecule has 4 aromatic rings. The zero-order valence-corrected chi connectivity index (χ0v) is 20.3. The van der Waals surface area contributed by atoms with Crippen LogP contribution in [0.1, 0.15) is 41.0 Å². The Morgan fingerprint density at radius 1 is 0.722 bits per heavy atom. The van der Waals surface area contributed by atoms with E-state index < -0.39 is 0 Å². The molecule has 4 rings (SSSR count). The van der Waals surface area contributed by atoms with E-state index in [1.807, 2.05) is 74.5 Å². The molecule has 0 bridgehead atoms. The van der Waals surface area contributed by atoms with Crippen LogP contribution in [0.25, 0.3) is 0 Å². The Hall–Kier alpha value is -4.58. The van der Waals surface area contributed by atoms with E-state index in [2.05, 4.69) is 16.0 Å². The van der Waals surface area contributed by atoms with E-state index >= 15 is 0 Å². The zero-order valence-electron chi connectivity index (χ0n) is 20.3. The first kappa shape index (κ1) is 24.5. The predicted octanol–water partition coefficient (Wildman–Crippen LogP) is 7.11. The molecule has 0 aliphatic rings. The molecule has 1 atom stereocenters. The summed E-state index contributed by atoms with van der Waals surface area (Å²) < 4.78 is 5.83. The van der Waals surface area contributed by atoms with Crippen molar-refractivity contribution in [3.8, 4) is 5.75 Å². The normalized spacial score (nSPS) is 11.3. The summed E-state index contributed by atoms with van der Waals surface area (Å²) in [6.07, 6.45) is 0.918. The van der Waals surface area contributed by atoms with Crippen molar-refractivity contribution in [1.82, 2.24) is 0 Å². The van der Waals surface area contributed by atoms with Gasteiger partial charge in [-0.2, -0.15) is 0 Å². The molecule has 0 saturated carbocycles. The van der Waals surface area contributed by atoms with Gasteiger partial charge in [0.25, 0.3) is 11.8 Å². The number of amides is 2. The van der Waals surface area contributed by atoms with Crippen LogP contribution in [0.2, 0.25) is 0 Å². The molecule has 182 valence electrons. The number of hydrogen-bond acceptors (Lipinski definition) is 4. The fourth-order valence-corrected chi connectivity index (χ4v) is 3.53. The van der Waals surface area contributed by atoms with Crippen LogP contribution in [-0.4, -0.2) is 17.9 Å². The van der Waals surface area contributed by atoms with Gasteiger partial charge in [-0.25, -0.2) is 0 Å². The predicted molar refractivity (Wildman–Crippen MR) is 145 cm³/mol. The van der Waals surface area contributed by atoms with Gasteiger partial charge < -0.3 is 20.7 Å². The summed E-state index contributed by atoms with van der Waals surface area (Å²) in [7, 11) is 0. The summed E-state index contributed by atoms with van der Waals surface area (Å²) in [5, 5.41) is 9.07. The highest BCUT2D eigenvalue weighted by Gasteiger charge is 2.15. The maximum atomic E-state index is 13.0. The summed E-state index contributed by atoms with van der Waals surface area (Å²) in [6, 6.07) is 31.2. The van der Waals surface area contributed by atoms with E-state index in [0.717, 1.165) is 17.8 Å². The second-order valence-electron chi connectivity index (χ2n) is 8.39. The molecule has 0 aliphatic heterocycles. The van der Waals surface area contributed by atoms with Crippen LogP contribution in [0.5, 0.6) is 5.75 Å². The molecule has 36 heavy (non-hydrogen) atoms. The lowest BCUT2D eigenvalue weighted by molar-refractivity contribution is 0.102. The molecule has 2 amide bonds. The summed E-state index contributed by atoms with van der Waals surface area (Å²) in [4.78, 5) is 26.0. The van der Waals surface area contributed by atoms with E-state index in [4.69, 9.17) is 4.74 Å². The van der Waals surface area contributed by atoms with E-state index in [-0.39, 0.29) is 17.9 Å². The number of ether oxygens (including phenoxy) is 1. The lowest BCUT2D eigenvalue weighted by atomic mass is 10.1. The third-order valence-corrected chi connectivity index (χ3v) is 5.63. The fraction of sp³-hybridized carbons (Fsp3) is 0.133. The maximum Gasteiger partial charge on any atom is 0.257 e. The lowest BCUT2D eigenvalue weighted by Crippen LogP contribution is -2.18. The molecular weight excluding hydrogens is 450 g/mol. The van der Waals surface area contributed by atoms with Crippen LogP contribution in [0.4, 0.5) is 22.7 Å². The van der Waals surface area contributed by atoms with Crippen molar-refractivity contribution in [2.45, 2.75) is 26.4 Å². The summed E-state index contributed by atoms with van der Waals surface area (Å²) in [5.74, 6) is -0.00190. The fourth-order valence-electron chi connectivity index (χ4n) is 3.53. The number of benzene rings is 4. The molecule has 3 N–H and O–H groups in total. The highest BCUT2D eigenvalue weighted by molar-refractivity contribution is 6.12. The monoisotopic (exact) mass is 479 g/mol. The van der Waals surface area contributed by atoms with Crippen molar-refractivity contribution in [3.05, 3.63) is 114 Å². The second-order valence-corrected chi connectivity index (χ2v) is 8.39. The average molecular weight is 480 g/mol. The first-order chi connectivity index (χ1) is 17.5. The summed E-state index contributed by atoms with van der Waals surface area (Å²) >= 11 is 0. The molecule has 6 nitrogen and oxygen atoms in total. The van der Waals surface area contributed by atoms with E-state index in [1.165, 1.54) is 0 Å². The average Bonchev–Trinajstić information content (AvgIpc) is 2.90. The molecule has 0 aromatic heterocycles. The number of rotatable bonds is 9. The lowest BCUT2D eigenvalue weighted by Gasteiger charge is -2.14. The Kier molecular flexibility index (Phi) is 7.98. The smallest absolute Gasteiger partial charge is 0.257 e. The van der Waals surface area contributed by atoms with Crippen LogP contribution >= 0.6 is 0 Å². The molecule has 0 saturated heterocycles. The first-order valence-electron chi connectivity index (χ1n) is 11.9. The molecule has 4 aromatic carbocycles. The number of anilines is 4. The standard InChI is InChI=1S/C30H29N3O3/c1-3-21(2)36-26-13-9-10-22(20-26)29(34)33-28-15-8-7-14-27(28)30(35)32-25-18-16-24(17-19-25)31-23-11-5-4-6-12-23/h4-21,31H,3H2,1-2H3,(H,32,35)(H,33,34). The van der Waals surface area contributed by atoms with Crippen molar-refractivity contribution < 1.29 is 14.3 Å². The highest BCUT2D eigenvalue weighted by Crippen LogP contribution is 2.22. The highest BCUT2D eigenvalue weighted by atomic mass is 16.5. The third kappa shape index (κ3) is 6.51. The van der Waals surface area contributed by atoms with Gasteiger partial charge in [-0.1, -0.05) is 43.3 Å². The van der Waals surface area contributed by atoms with Gasteiger partial charge in [-0.3, -0.25) is 9.59 Å². The molecular formula is C30H29N3O3. The molecule has 6 heteroatoms. The Morgan fingerprint density at radius 3 is 2.14 bits per heavy atom. The van der Waals surface area contributed by atoms with Gasteiger partial charge >= 0.3 is 0 Å². The number of hydrogen-bond donors (Lipinski definition) is 3. The quantitative estimate of drug-likeness (QED) is 0.239. The van der Waals surface area contributed by atoms with Gasteiger partial charge in [0.15, 0.2) is 0 Å². The molecule has 0 fully saturated rings. The van der Waals surface area contributed by atoms with E-state index in [1.54, 1.807) is 42.5 Å². The second kappa shape index (κ2) is 11.7. The Balaban J connectivity index is 1.43. The molecule has 0 radical (unpaired) electrons. The number of nitrogens with one attached hydrogen (secondary N) is 3. The van der Waals surface area contributed by atoms with Gasteiger partial charge in [0.2, 0.25) is 0 Å². The minimum atomic E-state index is -0.318. The van der Waals surface area contributed by atoms with Gasteiger partial charge in [0.05, 0.1) is 17.4 Å². The minimum Gasteiger partial charge on any atom is -0.491 e. The van der Waals surface area contributed by atoms with Gasteiger partial charge in [0.1, 0.15) is 5.75 Å².